The minimum Gasteiger partial charge on any atom is -0.451 e. The van der Waals surface area contributed by atoms with Crippen LogP contribution in [0.25, 0.3) is 22.4 Å². The first-order valence-electron chi connectivity index (χ1n) is 8.58. The minimum atomic E-state index is -0.541. The molecule has 3 aromatic heterocycles. The molecule has 4 aromatic rings. The fourth-order valence-electron chi connectivity index (χ4n) is 2.96. The van der Waals surface area contributed by atoms with Gasteiger partial charge in [-0.15, -0.1) is 0 Å². The van der Waals surface area contributed by atoms with Crippen molar-refractivity contribution < 1.29 is 13.6 Å². The number of aromatic nitrogens is 3. The Balaban J connectivity index is 1.63. The van der Waals surface area contributed by atoms with Gasteiger partial charge in [-0.25, -0.2) is 14.2 Å². The highest BCUT2D eigenvalue weighted by Gasteiger charge is 2.15. The Morgan fingerprint density at radius 2 is 1.79 bits per heavy atom. The second-order valence-electron chi connectivity index (χ2n) is 6.43. The van der Waals surface area contributed by atoms with E-state index in [4.69, 9.17) is 4.42 Å². The third kappa shape index (κ3) is 3.22. The number of fused-ring (bicyclic) bond motifs is 1. The number of carbonyl (C=O) groups is 1. The quantitative estimate of drug-likeness (QED) is 0.575. The van der Waals surface area contributed by atoms with Crippen LogP contribution < -0.4 is 16.6 Å². The summed E-state index contributed by atoms with van der Waals surface area (Å²) in [4.78, 5) is 40.9. The van der Waals surface area contributed by atoms with Crippen molar-refractivity contribution in [1.82, 2.24) is 14.1 Å². The lowest BCUT2D eigenvalue weighted by Gasteiger charge is -2.08. The molecule has 1 aromatic carbocycles. The Kier molecular flexibility index (Phi) is 4.34. The molecule has 1 amide bonds. The maximum absolute atomic E-state index is 13.0. The first-order valence-corrected chi connectivity index (χ1v) is 8.58. The molecule has 0 aliphatic carbocycles. The molecule has 0 unspecified atom stereocenters. The van der Waals surface area contributed by atoms with Crippen LogP contribution in [-0.2, 0) is 14.1 Å². The van der Waals surface area contributed by atoms with Crippen LogP contribution in [-0.4, -0.2) is 20.0 Å². The standard InChI is InChI=1S/C20H15FN4O4/c1-24-17-14(19(27)25(2)20(24)28)9-13(10-22-17)23-18(26)16-8-7-15(29-16)11-3-5-12(21)6-4-11/h3-10H,1-2H3,(H,23,26). The highest BCUT2D eigenvalue weighted by Crippen LogP contribution is 2.23. The lowest BCUT2D eigenvalue weighted by Crippen LogP contribution is -2.37. The van der Waals surface area contributed by atoms with Gasteiger partial charge in [-0.1, -0.05) is 0 Å². The largest absolute Gasteiger partial charge is 0.451 e. The van der Waals surface area contributed by atoms with Gasteiger partial charge in [0.2, 0.25) is 0 Å². The number of furan rings is 1. The fraction of sp³-hybridized carbons (Fsp3) is 0.100. The van der Waals surface area contributed by atoms with Crippen LogP contribution in [0.5, 0.6) is 0 Å². The molecule has 0 atom stereocenters. The third-order valence-electron chi connectivity index (χ3n) is 4.51. The van der Waals surface area contributed by atoms with E-state index >= 15 is 0 Å². The lowest BCUT2D eigenvalue weighted by atomic mass is 10.2. The Bertz CT molecular complexity index is 1370. The highest BCUT2D eigenvalue weighted by atomic mass is 19.1. The lowest BCUT2D eigenvalue weighted by molar-refractivity contribution is 0.0997. The zero-order chi connectivity index (χ0) is 20.7. The molecule has 29 heavy (non-hydrogen) atoms. The van der Waals surface area contributed by atoms with Gasteiger partial charge in [-0.3, -0.25) is 18.7 Å². The molecule has 0 aliphatic heterocycles. The van der Waals surface area contributed by atoms with Crippen molar-refractivity contribution in [3.8, 4) is 11.3 Å². The fourth-order valence-corrected chi connectivity index (χ4v) is 2.96. The van der Waals surface area contributed by atoms with Crippen molar-refractivity contribution in [2.75, 3.05) is 5.32 Å². The molecule has 146 valence electrons. The van der Waals surface area contributed by atoms with Crippen LogP contribution in [0.3, 0.4) is 0 Å². The Labute approximate surface area is 162 Å². The first-order chi connectivity index (χ1) is 13.8. The molecule has 4 rings (SSSR count). The monoisotopic (exact) mass is 394 g/mol. The average Bonchev–Trinajstić information content (AvgIpc) is 3.21. The van der Waals surface area contributed by atoms with Crippen molar-refractivity contribution in [1.29, 1.82) is 0 Å². The van der Waals surface area contributed by atoms with Crippen LogP contribution in [0.4, 0.5) is 10.1 Å². The molecular formula is C20H15FN4O4. The number of rotatable bonds is 3. The molecule has 0 bridgehead atoms. The van der Waals surface area contributed by atoms with Gasteiger partial charge >= 0.3 is 5.69 Å². The van der Waals surface area contributed by atoms with E-state index in [1.807, 2.05) is 0 Å². The molecular weight excluding hydrogens is 379 g/mol. The maximum Gasteiger partial charge on any atom is 0.332 e. The van der Waals surface area contributed by atoms with E-state index in [-0.39, 0.29) is 28.3 Å². The number of carbonyl (C=O) groups excluding carboxylic acids is 1. The van der Waals surface area contributed by atoms with Crippen LogP contribution in [0, 0.1) is 5.82 Å². The van der Waals surface area contributed by atoms with E-state index in [2.05, 4.69) is 10.3 Å². The summed E-state index contributed by atoms with van der Waals surface area (Å²) < 4.78 is 20.8. The number of anilines is 1. The van der Waals surface area contributed by atoms with Crippen molar-refractivity contribution in [2.45, 2.75) is 0 Å². The van der Waals surface area contributed by atoms with E-state index in [0.717, 1.165) is 4.57 Å². The van der Waals surface area contributed by atoms with Crippen molar-refractivity contribution in [2.24, 2.45) is 14.1 Å². The summed E-state index contributed by atoms with van der Waals surface area (Å²) in [6.45, 7) is 0. The molecule has 0 saturated heterocycles. The van der Waals surface area contributed by atoms with Gasteiger partial charge in [0, 0.05) is 19.7 Å². The molecule has 1 N–H and O–H groups in total. The third-order valence-corrected chi connectivity index (χ3v) is 4.51. The van der Waals surface area contributed by atoms with Crippen LogP contribution in [0.2, 0.25) is 0 Å². The predicted molar refractivity (Wildman–Crippen MR) is 104 cm³/mol. The van der Waals surface area contributed by atoms with Crippen LogP contribution in [0.15, 0.2) is 62.7 Å². The van der Waals surface area contributed by atoms with E-state index in [1.165, 1.54) is 49.1 Å². The second kappa shape index (κ2) is 6.86. The summed E-state index contributed by atoms with van der Waals surface area (Å²) in [7, 11) is 2.88. The van der Waals surface area contributed by atoms with Gasteiger partial charge in [0.05, 0.1) is 17.3 Å². The number of amides is 1. The highest BCUT2D eigenvalue weighted by molar-refractivity contribution is 6.03. The average molecular weight is 394 g/mol. The Hall–Kier alpha value is -4.01. The smallest absolute Gasteiger partial charge is 0.332 e. The molecule has 0 radical (unpaired) electrons. The summed E-state index contributed by atoms with van der Waals surface area (Å²) in [5.74, 6) is -0.458. The van der Waals surface area contributed by atoms with Crippen molar-refractivity contribution in [3.63, 3.8) is 0 Å². The number of hydrogen-bond acceptors (Lipinski definition) is 5. The summed E-state index contributed by atoms with van der Waals surface area (Å²) in [5, 5.41) is 2.81. The van der Waals surface area contributed by atoms with E-state index in [1.54, 1.807) is 18.2 Å². The van der Waals surface area contributed by atoms with E-state index in [9.17, 15) is 18.8 Å². The number of pyridine rings is 1. The number of hydrogen-bond donors (Lipinski definition) is 1. The van der Waals surface area contributed by atoms with Crippen molar-refractivity contribution >= 4 is 22.6 Å². The molecule has 0 aliphatic rings. The molecule has 3 heterocycles. The van der Waals surface area contributed by atoms with Crippen LogP contribution >= 0.6 is 0 Å². The second-order valence-corrected chi connectivity index (χ2v) is 6.43. The number of benzene rings is 1. The SMILES string of the molecule is Cn1c(=O)c2cc(NC(=O)c3ccc(-c4ccc(F)cc4)o3)cnc2n(C)c1=O. The summed E-state index contributed by atoms with van der Waals surface area (Å²) in [5.41, 5.74) is 0.117. The minimum absolute atomic E-state index is 0.0396. The molecule has 8 nitrogen and oxygen atoms in total. The van der Waals surface area contributed by atoms with Gasteiger partial charge in [0.25, 0.3) is 11.5 Å². The van der Waals surface area contributed by atoms with Gasteiger partial charge in [0.15, 0.2) is 5.76 Å². The summed E-state index contributed by atoms with van der Waals surface area (Å²) in [6.07, 6.45) is 1.35. The first kappa shape index (κ1) is 18.4. The zero-order valence-electron chi connectivity index (χ0n) is 15.5. The van der Waals surface area contributed by atoms with E-state index < -0.39 is 17.2 Å². The van der Waals surface area contributed by atoms with Gasteiger partial charge in [-0.2, -0.15) is 0 Å². The summed E-state index contributed by atoms with van der Waals surface area (Å²) in [6, 6.07) is 10.2. The molecule has 9 heteroatoms. The molecule has 0 fully saturated rings. The predicted octanol–water partition coefficient (Wildman–Crippen LogP) is 2.28. The summed E-state index contributed by atoms with van der Waals surface area (Å²) >= 11 is 0. The molecule has 0 spiro atoms. The van der Waals surface area contributed by atoms with Crippen molar-refractivity contribution in [3.05, 3.63) is 81.1 Å². The molecule has 0 saturated carbocycles. The van der Waals surface area contributed by atoms with Crippen LogP contribution in [0.1, 0.15) is 10.6 Å². The zero-order valence-corrected chi connectivity index (χ0v) is 15.5. The number of nitrogens with one attached hydrogen (secondary N) is 1. The normalized spacial score (nSPS) is 11.0. The Morgan fingerprint density at radius 3 is 2.52 bits per heavy atom. The van der Waals surface area contributed by atoms with E-state index in [0.29, 0.717) is 11.3 Å². The number of aryl methyl sites for hydroxylation is 1. The topological polar surface area (TPSA) is 99.1 Å². The Morgan fingerprint density at radius 1 is 1.07 bits per heavy atom. The van der Waals surface area contributed by atoms with Gasteiger partial charge in [-0.05, 0) is 42.5 Å². The maximum atomic E-state index is 13.0. The number of halogens is 1. The van der Waals surface area contributed by atoms with Gasteiger partial charge < -0.3 is 9.73 Å². The van der Waals surface area contributed by atoms with Gasteiger partial charge in [0.1, 0.15) is 17.2 Å². The number of nitrogens with zero attached hydrogens (tertiary/aromatic N) is 3.